The van der Waals surface area contributed by atoms with Crippen LogP contribution in [0.5, 0.6) is 0 Å². The van der Waals surface area contributed by atoms with Gasteiger partial charge in [-0.1, -0.05) is 19.0 Å². The minimum atomic E-state index is 0.267. The van der Waals surface area contributed by atoms with Crippen LogP contribution >= 0.6 is 0 Å². The first-order chi connectivity index (χ1) is 6.55. The van der Waals surface area contributed by atoms with Crippen LogP contribution < -0.4 is 11.1 Å². The highest BCUT2D eigenvalue weighted by molar-refractivity contribution is 5.83. The van der Waals surface area contributed by atoms with Crippen molar-refractivity contribution in [3.05, 3.63) is 0 Å². The van der Waals surface area contributed by atoms with Gasteiger partial charge in [-0.3, -0.25) is 0 Å². The number of oxime groups is 1. The van der Waals surface area contributed by atoms with Crippen molar-refractivity contribution in [3.8, 4) is 0 Å². The fourth-order valence-electron chi connectivity index (χ4n) is 3.03. The lowest BCUT2D eigenvalue weighted by Crippen LogP contribution is -2.49. The standard InChI is InChI=1S/C10H19N3O/c1-9(2)4-10(5-9,6-11)3-8-12-7-14-13-8/h3-7,11H2,1-2H3,(H,12,13). The van der Waals surface area contributed by atoms with Gasteiger partial charge < -0.3 is 15.9 Å². The fraction of sp³-hybridized carbons (Fsp3) is 0.900. The highest BCUT2D eigenvalue weighted by Gasteiger charge is 2.48. The molecular formula is C10H19N3O. The molecule has 4 nitrogen and oxygen atoms in total. The molecule has 2 rings (SSSR count). The first-order valence-corrected chi connectivity index (χ1v) is 5.18. The topological polar surface area (TPSA) is 59.6 Å². The van der Waals surface area contributed by atoms with Gasteiger partial charge in [0.2, 0.25) is 0 Å². The molecule has 0 aromatic rings. The van der Waals surface area contributed by atoms with Gasteiger partial charge in [0.1, 0.15) is 5.84 Å². The van der Waals surface area contributed by atoms with Crippen LogP contribution in [0.15, 0.2) is 5.16 Å². The van der Waals surface area contributed by atoms with Gasteiger partial charge in [-0.2, -0.15) is 0 Å². The van der Waals surface area contributed by atoms with E-state index in [4.69, 9.17) is 10.6 Å². The Hall–Kier alpha value is -0.770. The van der Waals surface area contributed by atoms with E-state index in [-0.39, 0.29) is 5.41 Å². The van der Waals surface area contributed by atoms with Gasteiger partial charge in [0.05, 0.1) is 0 Å². The summed E-state index contributed by atoms with van der Waals surface area (Å²) in [7, 11) is 0. The van der Waals surface area contributed by atoms with E-state index in [1.807, 2.05) is 0 Å². The van der Waals surface area contributed by atoms with Gasteiger partial charge in [0.25, 0.3) is 0 Å². The van der Waals surface area contributed by atoms with Crippen molar-refractivity contribution >= 4 is 5.84 Å². The number of nitrogens with one attached hydrogen (secondary N) is 1. The van der Waals surface area contributed by atoms with Crippen LogP contribution in [0.3, 0.4) is 0 Å². The lowest BCUT2D eigenvalue weighted by molar-refractivity contribution is 0.000490. The summed E-state index contributed by atoms with van der Waals surface area (Å²) in [6.07, 6.45) is 3.32. The van der Waals surface area contributed by atoms with Crippen molar-refractivity contribution in [2.24, 2.45) is 21.7 Å². The molecule has 80 valence electrons. The molecule has 1 heterocycles. The lowest BCUT2D eigenvalue weighted by Gasteiger charge is -2.53. The Kier molecular flexibility index (Phi) is 2.18. The van der Waals surface area contributed by atoms with E-state index in [0.29, 0.717) is 12.1 Å². The number of amidine groups is 1. The summed E-state index contributed by atoms with van der Waals surface area (Å²) in [5.74, 6) is 0.964. The second kappa shape index (κ2) is 3.12. The summed E-state index contributed by atoms with van der Waals surface area (Å²) in [5, 5.41) is 7.06. The Balaban J connectivity index is 1.95. The van der Waals surface area contributed by atoms with E-state index in [9.17, 15) is 0 Å². The molecule has 0 unspecified atom stereocenters. The first-order valence-electron chi connectivity index (χ1n) is 5.18. The summed E-state index contributed by atoms with van der Waals surface area (Å²) >= 11 is 0. The number of nitrogens with two attached hydrogens (primary N) is 1. The predicted molar refractivity (Wildman–Crippen MR) is 55.6 cm³/mol. The van der Waals surface area contributed by atoms with Crippen molar-refractivity contribution in [2.75, 3.05) is 13.3 Å². The molecule has 4 heteroatoms. The van der Waals surface area contributed by atoms with Crippen LogP contribution in [-0.4, -0.2) is 19.1 Å². The minimum Gasteiger partial charge on any atom is -0.372 e. The third-order valence-corrected chi connectivity index (χ3v) is 3.20. The molecule has 0 aromatic carbocycles. The smallest absolute Gasteiger partial charge is 0.188 e. The molecule has 1 aliphatic carbocycles. The molecule has 0 atom stereocenters. The third kappa shape index (κ3) is 1.71. The first kappa shape index (κ1) is 9.77. The van der Waals surface area contributed by atoms with Crippen molar-refractivity contribution < 1.29 is 4.84 Å². The summed E-state index contributed by atoms with van der Waals surface area (Å²) in [5.41, 5.74) is 6.57. The zero-order valence-electron chi connectivity index (χ0n) is 8.97. The molecule has 0 spiro atoms. The summed E-state index contributed by atoms with van der Waals surface area (Å²) in [4.78, 5) is 4.90. The van der Waals surface area contributed by atoms with Gasteiger partial charge in [-0.15, -0.1) is 0 Å². The molecule has 2 aliphatic rings. The van der Waals surface area contributed by atoms with Crippen LogP contribution in [0.4, 0.5) is 0 Å². The molecule has 3 N–H and O–H groups in total. The zero-order chi connectivity index (χ0) is 10.2. The maximum atomic E-state index is 5.84. The molecule has 1 aliphatic heterocycles. The summed E-state index contributed by atoms with van der Waals surface area (Å²) < 4.78 is 0. The van der Waals surface area contributed by atoms with Gasteiger partial charge in [0, 0.05) is 6.42 Å². The second-order valence-electron chi connectivity index (χ2n) is 5.39. The van der Waals surface area contributed by atoms with E-state index < -0.39 is 0 Å². The van der Waals surface area contributed by atoms with Crippen molar-refractivity contribution in [2.45, 2.75) is 33.1 Å². The Bertz CT molecular complexity index is 252. The van der Waals surface area contributed by atoms with E-state index >= 15 is 0 Å². The minimum absolute atomic E-state index is 0.267. The Morgan fingerprint density at radius 3 is 2.64 bits per heavy atom. The maximum Gasteiger partial charge on any atom is 0.188 e. The SMILES string of the molecule is CC1(C)CC(CN)(CC2=NOCN2)C1. The van der Waals surface area contributed by atoms with E-state index in [0.717, 1.165) is 18.8 Å². The molecular weight excluding hydrogens is 178 g/mol. The number of hydrogen-bond donors (Lipinski definition) is 2. The molecule has 1 fully saturated rings. The van der Waals surface area contributed by atoms with Gasteiger partial charge in [0.15, 0.2) is 6.73 Å². The second-order valence-corrected chi connectivity index (χ2v) is 5.39. The van der Waals surface area contributed by atoms with E-state index in [2.05, 4.69) is 24.3 Å². The van der Waals surface area contributed by atoms with E-state index in [1.165, 1.54) is 12.8 Å². The highest BCUT2D eigenvalue weighted by Crippen LogP contribution is 2.55. The normalized spacial score (nSPS) is 27.2. The van der Waals surface area contributed by atoms with Crippen LogP contribution in [-0.2, 0) is 4.84 Å². The number of nitrogens with zero attached hydrogens (tertiary/aromatic N) is 1. The molecule has 1 saturated carbocycles. The maximum absolute atomic E-state index is 5.84. The Morgan fingerprint density at radius 2 is 2.21 bits per heavy atom. The van der Waals surface area contributed by atoms with Crippen molar-refractivity contribution in [1.82, 2.24) is 5.32 Å². The Labute approximate surface area is 84.9 Å². The summed E-state index contributed by atoms with van der Waals surface area (Å²) in [6, 6.07) is 0. The quantitative estimate of drug-likeness (QED) is 0.710. The van der Waals surface area contributed by atoms with Crippen molar-refractivity contribution in [3.63, 3.8) is 0 Å². The predicted octanol–water partition coefficient (Wildman–Crippen LogP) is 1.03. The zero-order valence-corrected chi connectivity index (χ0v) is 8.97. The Morgan fingerprint density at radius 1 is 1.50 bits per heavy atom. The average molecular weight is 197 g/mol. The molecule has 0 aromatic heterocycles. The third-order valence-electron chi connectivity index (χ3n) is 3.20. The fourth-order valence-corrected chi connectivity index (χ4v) is 3.03. The largest absolute Gasteiger partial charge is 0.372 e. The number of rotatable bonds is 3. The van der Waals surface area contributed by atoms with Crippen molar-refractivity contribution in [1.29, 1.82) is 0 Å². The van der Waals surface area contributed by atoms with Crippen LogP contribution in [0.25, 0.3) is 0 Å². The van der Waals surface area contributed by atoms with Gasteiger partial charge in [-0.05, 0) is 30.2 Å². The molecule has 14 heavy (non-hydrogen) atoms. The molecule has 0 radical (unpaired) electrons. The van der Waals surface area contributed by atoms with Crippen LogP contribution in [0.2, 0.25) is 0 Å². The molecule has 0 saturated heterocycles. The lowest BCUT2D eigenvalue weighted by atomic mass is 9.53. The van der Waals surface area contributed by atoms with Crippen LogP contribution in [0.1, 0.15) is 33.1 Å². The number of hydrogen-bond acceptors (Lipinski definition) is 4. The molecule has 0 bridgehead atoms. The van der Waals surface area contributed by atoms with Crippen LogP contribution in [0, 0.1) is 10.8 Å². The summed E-state index contributed by atoms with van der Waals surface area (Å²) in [6.45, 7) is 5.85. The van der Waals surface area contributed by atoms with E-state index in [1.54, 1.807) is 0 Å². The average Bonchev–Trinajstić information content (AvgIpc) is 2.53. The monoisotopic (exact) mass is 197 g/mol. The van der Waals surface area contributed by atoms with Gasteiger partial charge in [-0.25, -0.2) is 0 Å². The van der Waals surface area contributed by atoms with Gasteiger partial charge >= 0.3 is 0 Å². The highest BCUT2D eigenvalue weighted by atomic mass is 16.6. The molecule has 0 amide bonds.